The summed E-state index contributed by atoms with van der Waals surface area (Å²) in [6.45, 7) is 1.59. The highest BCUT2D eigenvalue weighted by Gasteiger charge is 2.97. The van der Waals surface area contributed by atoms with Gasteiger partial charge in [-0.3, -0.25) is 14.9 Å². The van der Waals surface area contributed by atoms with Gasteiger partial charge in [0, 0.05) is 5.02 Å². The van der Waals surface area contributed by atoms with Crippen LogP contribution in [-0.4, -0.2) is 11.8 Å². The third-order valence-corrected chi connectivity index (χ3v) is 4.88. The van der Waals surface area contributed by atoms with Crippen LogP contribution in [-0.2, 0) is 15.0 Å². The standard InChI is InChI=1S/C14H8ClN3O2/c1-12(8-3-2-4-9(15)5-8)13(6-16)10(19)18-11(20)14(12,13)7-17/h2-5H,1H3,(H,18,19,20)/t12?,13-,14+. The molecule has 0 bridgehead atoms. The summed E-state index contributed by atoms with van der Waals surface area (Å²) < 4.78 is 0. The first-order chi connectivity index (χ1) is 9.42. The number of hydrogen-bond acceptors (Lipinski definition) is 4. The molecule has 98 valence electrons. The molecule has 1 aliphatic heterocycles. The molecule has 20 heavy (non-hydrogen) atoms. The SMILES string of the molecule is CC1(c2cccc(Cl)c2)[C@]2(C#N)C(=O)NC(=O)[C@]12C#N. The van der Waals surface area contributed by atoms with Gasteiger partial charge in [-0.15, -0.1) is 0 Å². The van der Waals surface area contributed by atoms with Crippen molar-refractivity contribution >= 4 is 23.4 Å². The Labute approximate surface area is 119 Å². The van der Waals surface area contributed by atoms with Crippen LogP contribution in [0.2, 0.25) is 5.02 Å². The van der Waals surface area contributed by atoms with E-state index in [1.165, 1.54) is 0 Å². The van der Waals surface area contributed by atoms with Gasteiger partial charge < -0.3 is 0 Å². The molecule has 1 aromatic rings. The van der Waals surface area contributed by atoms with Crippen molar-refractivity contribution in [1.29, 1.82) is 10.5 Å². The van der Waals surface area contributed by atoms with E-state index >= 15 is 0 Å². The minimum atomic E-state index is -1.68. The van der Waals surface area contributed by atoms with Gasteiger partial charge in [-0.05, 0) is 17.7 Å². The average Bonchev–Trinajstić information content (AvgIpc) is 2.84. The van der Waals surface area contributed by atoms with Gasteiger partial charge >= 0.3 is 0 Å². The van der Waals surface area contributed by atoms with Crippen molar-refractivity contribution in [1.82, 2.24) is 5.32 Å². The molecule has 1 saturated heterocycles. The van der Waals surface area contributed by atoms with Crippen LogP contribution in [0.4, 0.5) is 0 Å². The number of halogens is 1. The minimum Gasteiger partial charge on any atom is -0.293 e. The lowest BCUT2D eigenvalue weighted by molar-refractivity contribution is -0.129. The smallest absolute Gasteiger partial charge is 0.250 e. The molecule has 1 aromatic carbocycles. The zero-order valence-corrected chi connectivity index (χ0v) is 11.2. The number of nitrogens with one attached hydrogen (secondary N) is 1. The summed E-state index contributed by atoms with van der Waals surface area (Å²) in [4.78, 5) is 24.2. The summed E-state index contributed by atoms with van der Waals surface area (Å²) in [7, 11) is 0. The fourth-order valence-corrected chi connectivity index (χ4v) is 3.72. The third-order valence-electron chi connectivity index (χ3n) is 4.65. The molecule has 3 atom stereocenters. The van der Waals surface area contributed by atoms with Crippen molar-refractivity contribution in [3.8, 4) is 12.1 Å². The van der Waals surface area contributed by atoms with Gasteiger partial charge in [0.15, 0.2) is 10.8 Å². The molecule has 1 unspecified atom stereocenters. The van der Waals surface area contributed by atoms with Gasteiger partial charge in [0.25, 0.3) is 0 Å². The van der Waals surface area contributed by atoms with Gasteiger partial charge in [0.1, 0.15) is 0 Å². The fraction of sp³-hybridized carbons (Fsp3) is 0.286. The molecule has 2 fully saturated rings. The Kier molecular flexibility index (Phi) is 2.14. The van der Waals surface area contributed by atoms with Crippen molar-refractivity contribution in [2.75, 3.05) is 0 Å². The zero-order chi connectivity index (χ0) is 14.8. The molecular formula is C14H8ClN3O2. The molecule has 0 radical (unpaired) electrons. The molecule has 0 spiro atoms. The quantitative estimate of drug-likeness (QED) is 0.787. The van der Waals surface area contributed by atoms with Crippen LogP contribution in [0.1, 0.15) is 12.5 Å². The highest BCUT2D eigenvalue weighted by molar-refractivity contribution is 6.30. The lowest BCUT2D eigenvalue weighted by atomic mass is 9.85. The Hall–Kier alpha value is -2.37. The molecule has 3 rings (SSSR count). The van der Waals surface area contributed by atoms with Crippen LogP contribution in [0, 0.1) is 33.5 Å². The number of benzene rings is 1. The first-order valence-corrected chi connectivity index (χ1v) is 6.24. The van der Waals surface area contributed by atoms with E-state index in [-0.39, 0.29) is 0 Å². The van der Waals surface area contributed by atoms with Crippen molar-refractivity contribution in [3.05, 3.63) is 34.9 Å². The lowest BCUT2D eigenvalue weighted by Crippen LogP contribution is -2.38. The molecule has 6 heteroatoms. The summed E-state index contributed by atoms with van der Waals surface area (Å²) in [5.41, 5.74) is -4.02. The first kappa shape index (κ1) is 12.7. The van der Waals surface area contributed by atoms with Crippen molar-refractivity contribution in [2.45, 2.75) is 12.3 Å². The van der Waals surface area contributed by atoms with Gasteiger partial charge in [0.2, 0.25) is 11.8 Å². The number of piperidine rings is 1. The Morgan fingerprint density at radius 3 is 2.15 bits per heavy atom. The van der Waals surface area contributed by atoms with E-state index in [1.807, 2.05) is 12.1 Å². The van der Waals surface area contributed by atoms with E-state index in [2.05, 4.69) is 5.32 Å². The molecule has 2 aliphatic rings. The summed E-state index contributed by atoms with van der Waals surface area (Å²) in [6, 6.07) is 10.4. The molecule has 1 aliphatic carbocycles. The van der Waals surface area contributed by atoms with Crippen molar-refractivity contribution in [3.63, 3.8) is 0 Å². The van der Waals surface area contributed by atoms with Crippen molar-refractivity contribution < 1.29 is 9.59 Å². The predicted molar refractivity (Wildman–Crippen MR) is 68.0 cm³/mol. The number of amides is 2. The van der Waals surface area contributed by atoms with E-state index in [1.54, 1.807) is 31.2 Å². The van der Waals surface area contributed by atoms with Gasteiger partial charge in [0.05, 0.1) is 17.6 Å². The summed E-state index contributed by atoms with van der Waals surface area (Å²) in [5.74, 6) is -1.43. The Morgan fingerprint density at radius 1 is 1.15 bits per heavy atom. The van der Waals surface area contributed by atoms with E-state index in [9.17, 15) is 20.1 Å². The molecule has 0 aromatic heterocycles. The lowest BCUT2D eigenvalue weighted by Gasteiger charge is -2.18. The Bertz CT molecular complexity index is 722. The second-order valence-corrected chi connectivity index (χ2v) is 5.58. The maximum absolute atomic E-state index is 12.1. The Balaban J connectivity index is 2.32. The topological polar surface area (TPSA) is 93.8 Å². The third kappa shape index (κ3) is 0.910. The number of nitrogens with zero attached hydrogens (tertiary/aromatic N) is 2. The normalized spacial score (nSPS) is 37.6. The maximum atomic E-state index is 12.1. The molecular weight excluding hydrogens is 278 g/mol. The zero-order valence-electron chi connectivity index (χ0n) is 10.4. The van der Waals surface area contributed by atoms with Crippen LogP contribution in [0.15, 0.2) is 24.3 Å². The fourth-order valence-electron chi connectivity index (χ4n) is 3.53. The van der Waals surface area contributed by atoms with Crippen molar-refractivity contribution in [2.24, 2.45) is 10.8 Å². The van der Waals surface area contributed by atoms with E-state index in [4.69, 9.17) is 11.6 Å². The minimum absolute atomic E-state index is 0.419. The number of imide groups is 1. The molecule has 1 heterocycles. The molecule has 2 amide bonds. The van der Waals surface area contributed by atoms with Crippen LogP contribution in [0.25, 0.3) is 0 Å². The van der Waals surface area contributed by atoms with Gasteiger partial charge in [-0.1, -0.05) is 30.7 Å². The number of rotatable bonds is 1. The number of carbonyl (C=O) groups excluding carboxylic acids is 2. The molecule has 1 saturated carbocycles. The van der Waals surface area contributed by atoms with Gasteiger partial charge in [-0.25, -0.2) is 0 Å². The maximum Gasteiger partial charge on any atom is 0.250 e. The summed E-state index contributed by atoms with van der Waals surface area (Å²) in [5, 5.41) is 21.4. The van der Waals surface area contributed by atoms with Crippen LogP contribution < -0.4 is 5.32 Å². The highest BCUT2D eigenvalue weighted by Crippen LogP contribution is 2.80. The van der Waals surface area contributed by atoms with E-state index < -0.39 is 28.1 Å². The Morgan fingerprint density at radius 2 is 1.70 bits per heavy atom. The molecule has 5 nitrogen and oxygen atoms in total. The largest absolute Gasteiger partial charge is 0.293 e. The van der Waals surface area contributed by atoms with Crippen LogP contribution >= 0.6 is 11.6 Å². The average molecular weight is 286 g/mol. The number of carbonyl (C=O) groups is 2. The van der Waals surface area contributed by atoms with Gasteiger partial charge in [-0.2, -0.15) is 10.5 Å². The summed E-state index contributed by atoms with van der Waals surface area (Å²) >= 11 is 5.93. The number of fused-ring (bicyclic) bond motifs is 1. The molecule has 1 N–H and O–H groups in total. The highest BCUT2D eigenvalue weighted by atomic mass is 35.5. The monoisotopic (exact) mass is 285 g/mol. The first-order valence-electron chi connectivity index (χ1n) is 5.87. The second kappa shape index (κ2) is 3.39. The summed E-state index contributed by atoms with van der Waals surface area (Å²) in [6.07, 6.45) is 0. The second-order valence-electron chi connectivity index (χ2n) is 5.14. The number of nitriles is 2. The van der Waals surface area contributed by atoms with Crippen LogP contribution in [0.5, 0.6) is 0 Å². The predicted octanol–water partition coefficient (Wildman–Crippen LogP) is 1.29. The van der Waals surface area contributed by atoms with E-state index in [0.717, 1.165) is 0 Å². The number of hydrogen-bond donors (Lipinski definition) is 1. The van der Waals surface area contributed by atoms with Crippen LogP contribution in [0.3, 0.4) is 0 Å². The van der Waals surface area contributed by atoms with E-state index in [0.29, 0.717) is 10.6 Å².